The largest absolute Gasteiger partial charge is 0.368 e. The maximum Gasteiger partial charge on any atom is 0.0403 e. The van der Waals surface area contributed by atoms with Crippen LogP contribution in [0, 0.1) is 0 Å². The number of hydrogen-bond donors (Lipinski definition) is 0. The Morgan fingerprint density at radius 2 is 2.08 bits per heavy atom. The van der Waals surface area contributed by atoms with E-state index >= 15 is 0 Å². The summed E-state index contributed by atoms with van der Waals surface area (Å²) in [7, 11) is 0. The van der Waals surface area contributed by atoms with Crippen LogP contribution in [0.2, 0.25) is 0 Å². The molecule has 0 atom stereocenters. The van der Waals surface area contributed by atoms with Crippen molar-refractivity contribution < 1.29 is 0 Å². The molecular weight excluding hydrogens is 146 g/mol. The van der Waals surface area contributed by atoms with E-state index in [2.05, 4.69) is 35.7 Å². The molecule has 0 radical (unpaired) electrons. The van der Waals surface area contributed by atoms with Crippen LogP contribution in [-0.2, 0) is 6.42 Å². The molecule has 1 heteroatoms. The lowest BCUT2D eigenvalue weighted by Gasteiger charge is -2.07. The SMILES string of the molecule is C=CCc1ccccc1N1CC1. The Bertz CT molecular complexity index is 287. The monoisotopic (exact) mass is 159 g/mol. The van der Waals surface area contributed by atoms with Crippen molar-refractivity contribution in [1.29, 1.82) is 0 Å². The minimum absolute atomic E-state index is 0.979. The first-order valence-electron chi connectivity index (χ1n) is 4.35. The van der Waals surface area contributed by atoms with E-state index in [0.717, 1.165) is 6.42 Å². The van der Waals surface area contributed by atoms with E-state index < -0.39 is 0 Å². The highest BCUT2D eigenvalue weighted by molar-refractivity contribution is 5.58. The summed E-state index contributed by atoms with van der Waals surface area (Å²) >= 11 is 0. The molecule has 0 saturated carbocycles. The van der Waals surface area contributed by atoms with Crippen molar-refractivity contribution in [2.75, 3.05) is 18.0 Å². The maximum absolute atomic E-state index is 3.76. The Hall–Kier alpha value is -1.24. The van der Waals surface area contributed by atoms with Crippen LogP contribution in [0.3, 0.4) is 0 Å². The summed E-state index contributed by atoms with van der Waals surface area (Å²) in [4.78, 5) is 2.37. The van der Waals surface area contributed by atoms with Gasteiger partial charge in [-0.15, -0.1) is 6.58 Å². The van der Waals surface area contributed by atoms with E-state index in [4.69, 9.17) is 0 Å². The third-order valence-corrected chi connectivity index (χ3v) is 2.14. The molecule has 1 aromatic carbocycles. The lowest BCUT2D eigenvalue weighted by atomic mass is 10.1. The standard InChI is InChI=1S/C11H13N/c1-2-5-10-6-3-4-7-11(10)12-8-9-12/h2-4,6-7H,1,5,8-9H2. The van der Waals surface area contributed by atoms with Crippen molar-refractivity contribution in [2.24, 2.45) is 0 Å². The minimum atomic E-state index is 0.979. The van der Waals surface area contributed by atoms with Crippen molar-refractivity contribution in [3.63, 3.8) is 0 Å². The highest BCUT2D eigenvalue weighted by atomic mass is 15.3. The number of benzene rings is 1. The van der Waals surface area contributed by atoms with Gasteiger partial charge in [-0.2, -0.15) is 0 Å². The number of rotatable bonds is 3. The summed E-state index contributed by atoms with van der Waals surface area (Å²) in [5, 5.41) is 0. The maximum atomic E-state index is 3.76. The molecule has 0 aliphatic carbocycles. The van der Waals surface area contributed by atoms with Crippen molar-refractivity contribution in [1.82, 2.24) is 0 Å². The van der Waals surface area contributed by atoms with Gasteiger partial charge in [0, 0.05) is 18.8 Å². The average molecular weight is 159 g/mol. The van der Waals surface area contributed by atoms with E-state index in [9.17, 15) is 0 Å². The van der Waals surface area contributed by atoms with Crippen LogP contribution in [0.15, 0.2) is 36.9 Å². The van der Waals surface area contributed by atoms with E-state index in [-0.39, 0.29) is 0 Å². The number of anilines is 1. The van der Waals surface area contributed by atoms with E-state index in [0.29, 0.717) is 0 Å². The topological polar surface area (TPSA) is 3.01 Å². The first kappa shape index (κ1) is 7.41. The predicted molar refractivity (Wildman–Crippen MR) is 52.6 cm³/mol. The van der Waals surface area contributed by atoms with Crippen LogP contribution in [0.5, 0.6) is 0 Å². The molecule has 1 saturated heterocycles. The molecule has 1 nitrogen and oxygen atoms in total. The molecular formula is C11H13N. The zero-order chi connectivity index (χ0) is 8.39. The summed E-state index contributed by atoms with van der Waals surface area (Å²) in [6.07, 6.45) is 2.94. The third-order valence-electron chi connectivity index (χ3n) is 2.14. The Balaban J connectivity index is 2.29. The Morgan fingerprint density at radius 3 is 2.75 bits per heavy atom. The fourth-order valence-corrected chi connectivity index (χ4v) is 1.44. The Labute approximate surface area is 73.3 Å². The number of nitrogens with zero attached hydrogens (tertiary/aromatic N) is 1. The summed E-state index contributed by atoms with van der Waals surface area (Å²) in [5.74, 6) is 0. The molecule has 0 amide bonds. The molecule has 2 rings (SSSR count). The smallest absolute Gasteiger partial charge is 0.0403 e. The predicted octanol–water partition coefficient (Wildman–Crippen LogP) is 2.24. The molecule has 0 unspecified atom stereocenters. The summed E-state index contributed by atoms with van der Waals surface area (Å²) < 4.78 is 0. The number of para-hydroxylation sites is 1. The molecule has 1 aliphatic heterocycles. The lowest BCUT2D eigenvalue weighted by molar-refractivity contribution is 1.23. The summed E-state index contributed by atoms with van der Waals surface area (Å²) in [5.41, 5.74) is 2.78. The number of allylic oxidation sites excluding steroid dienone is 1. The lowest BCUT2D eigenvalue weighted by Crippen LogP contribution is -1.95. The van der Waals surface area contributed by atoms with Crippen LogP contribution in [-0.4, -0.2) is 13.1 Å². The van der Waals surface area contributed by atoms with Gasteiger partial charge in [0.25, 0.3) is 0 Å². The fourth-order valence-electron chi connectivity index (χ4n) is 1.44. The zero-order valence-corrected chi connectivity index (χ0v) is 7.16. The molecule has 0 bridgehead atoms. The van der Waals surface area contributed by atoms with Crippen LogP contribution >= 0.6 is 0 Å². The van der Waals surface area contributed by atoms with E-state index in [1.807, 2.05) is 6.08 Å². The molecule has 1 aromatic rings. The van der Waals surface area contributed by atoms with E-state index in [1.54, 1.807) is 0 Å². The second-order valence-electron chi connectivity index (χ2n) is 3.11. The van der Waals surface area contributed by atoms with Gasteiger partial charge in [-0.05, 0) is 18.1 Å². The highest BCUT2D eigenvalue weighted by Crippen LogP contribution is 2.25. The molecule has 0 aromatic heterocycles. The molecule has 62 valence electrons. The average Bonchev–Trinajstić information content (AvgIpc) is 2.89. The highest BCUT2D eigenvalue weighted by Gasteiger charge is 2.19. The van der Waals surface area contributed by atoms with Gasteiger partial charge in [0.1, 0.15) is 0 Å². The van der Waals surface area contributed by atoms with Crippen molar-refractivity contribution >= 4 is 5.69 Å². The molecule has 12 heavy (non-hydrogen) atoms. The van der Waals surface area contributed by atoms with Gasteiger partial charge in [-0.1, -0.05) is 24.3 Å². The minimum Gasteiger partial charge on any atom is -0.368 e. The molecule has 0 spiro atoms. The van der Waals surface area contributed by atoms with Gasteiger partial charge >= 0.3 is 0 Å². The van der Waals surface area contributed by atoms with Crippen LogP contribution in [0.1, 0.15) is 5.56 Å². The zero-order valence-electron chi connectivity index (χ0n) is 7.16. The van der Waals surface area contributed by atoms with E-state index in [1.165, 1.54) is 24.3 Å². The van der Waals surface area contributed by atoms with Gasteiger partial charge in [0.05, 0.1) is 0 Å². The molecule has 1 heterocycles. The third kappa shape index (κ3) is 1.35. The first-order valence-corrected chi connectivity index (χ1v) is 4.35. The van der Waals surface area contributed by atoms with Crippen LogP contribution < -0.4 is 4.90 Å². The van der Waals surface area contributed by atoms with Gasteiger partial charge in [0.15, 0.2) is 0 Å². The van der Waals surface area contributed by atoms with Gasteiger partial charge < -0.3 is 4.90 Å². The molecule has 0 N–H and O–H groups in total. The van der Waals surface area contributed by atoms with Crippen molar-refractivity contribution in [3.8, 4) is 0 Å². The molecule has 1 fully saturated rings. The molecule has 1 aliphatic rings. The normalized spacial score (nSPS) is 14.5. The fraction of sp³-hybridized carbons (Fsp3) is 0.273. The first-order chi connectivity index (χ1) is 5.92. The van der Waals surface area contributed by atoms with Gasteiger partial charge in [-0.25, -0.2) is 0 Å². The van der Waals surface area contributed by atoms with Crippen molar-refractivity contribution in [3.05, 3.63) is 42.5 Å². The second kappa shape index (κ2) is 3.02. The second-order valence-corrected chi connectivity index (χ2v) is 3.11. The van der Waals surface area contributed by atoms with Crippen molar-refractivity contribution in [2.45, 2.75) is 6.42 Å². The quantitative estimate of drug-likeness (QED) is 0.483. The van der Waals surface area contributed by atoms with Crippen LogP contribution in [0.4, 0.5) is 5.69 Å². The van der Waals surface area contributed by atoms with Gasteiger partial charge in [0.2, 0.25) is 0 Å². The van der Waals surface area contributed by atoms with Gasteiger partial charge in [-0.3, -0.25) is 0 Å². The van der Waals surface area contributed by atoms with Crippen LogP contribution in [0.25, 0.3) is 0 Å². The Kier molecular flexibility index (Phi) is 1.86. The summed E-state index contributed by atoms with van der Waals surface area (Å²) in [6, 6.07) is 8.55. The Morgan fingerprint density at radius 1 is 1.33 bits per heavy atom. The summed E-state index contributed by atoms with van der Waals surface area (Å²) in [6.45, 7) is 6.19. The number of hydrogen-bond acceptors (Lipinski definition) is 1.